The fourth-order valence-electron chi connectivity index (χ4n) is 2.20. The highest BCUT2D eigenvalue weighted by molar-refractivity contribution is 5.95. The molecule has 0 saturated heterocycles. The molecule has 1 heterocycles. The largest absolute Gasteiger partial charge is 0.379 e. The van der Waals surface area contributed by atoms with Gasteiger partial charge in [0.05, 0.1) is 4.92 Å². The minimum Gasteiger partial charge on any atom is -0.379 e. The summed E-state index contributed by atoms with van der Waals surface area (Å²) < 4.78 is 0. The number of benzene rings is 1. The van der Waals surface area contributed by atoms with Gasteiger partial charge in [-0.2, -0.15) is 0 Å². The molecule has 0 saturated carbocycles. The second-order valence-corrected chi connectivity index (χ2v) is 5.44. The summed E-state index contributed by atoms with van der Waals surface area (Å²) in [6.45, 7) is 4.87. The van der Waals surface area contributed by atoms with Crippen LogP contribution in [0.3, 0.4) is 0 Å². The van der Waals surface area contributed by atoms with Gasteiger partial charge < -0.3 is 10.6 Å². The van der Waals surface area contributed by atoms with E-state index in [2.05, 4.69) is 24.5 Å². The molecule has 0 aromatic heterocycles. The van der Waals surface area contributed by atoms with Gasteiger partial charge in [0.2, 0.25) is 5.91 Å². The predicted octanol–water partition coefficient (Wildman–Crippen LogP) is 2.94. The molecule has 1 aromatic rings. The topological polar surface area (TPSA) is 84.3 Å². The molecule has 0 bridgehead atoms. The normalized spacial score (nSPS) is 13.8. The van der Waals surface area contributed by atoms with Crippen LogP contribution in [0.5, 0.6) is 0 Å². The number of nitrogens with zero attached hydrogens (tertiary/aromatic N) is 1. The molecule has 1 aliphatic heterocycles. The molecule has 1 aliphatic rings. The lowest BCUT2D eigenvalue weighted by Gasteiger charge is -2.18. The van der Waals surface area contributed by atoms with Gasteiger partial charge in [-0.1, -0.05) is 13.8 Å². The van der Waals surface area contributed by atoms with Crippen LogP contribution < -0.4 is 10.6 Å². The van der Waals surface area contributed by atoms with Crippen molar-refractivity contribution in [2.45, 2.75) is 33.1 Å². The van der Waals surface area contributed by atoms with Crippen LogP contribution in [0.25, 0.3) is 0 Å². The lowest BCUT2D eigenvalue weighted by atomic mass is 10.0. The molecule has 2 N–H and O–H groups in total. The van der Waals surface area contributed by atoms with E-state index >= 15 is 0 Å². The van der Waals surface area contributed by atoms with Crippen molar-refractivity contribution in [1.82, 2.24) is 0 Å². The van der Waals surface area contributed by atoms with E-state index in [1.165, 1.54) is 0 Å². The number of nitrogens with one attached hydrogen (secondary N) is 2. The number of nitro groups is 1. The second-order valence-electron chi connectivity index (χ2n) is 5.44. The first kappa shape index (κ1) is 14.3. The highest BCUT2D eigenvalue weighted by atomic mass is 16.6. The summed E-state index contributed by atoms with van der Waals surface area (Å²) in [5.41, 5.74) is 2.05. The van der Waals surface area contributed by atoms with E-state index in [9.17, 15) is 14.9 Å². The second kappa shape index (κ2) is 5.90. The zero-order chi connectivity index (χ0) is 14.7. The van der Waals surface area contributed by atoms with Crippen LogP contribution in [0.2, 0.25) is 0 Å². The fourth-order valence-corrected chi connectivity index (χ4v) is 2.20. The van der Waals surface area contributed by atoms with E-state index < -0.39 is 0 Å². The number of nitro benzene ring substituents is 1. The number of carbonyl (C=O) groups is 1. The van der Waals surface area contributed by atoms with Crippen LogP contribution in [-0.2, 0) is 11.2 Å². The van der Waals surface area contributed by atoms with Crippen LogP contribution in [0.1, 0.15) is 32.3 Å². The molecule has 0 radical (unpaired) electrons. The zero-order valence-electron chi connectivity index (χ0n) is 11.7. The molecular formula is C14H19N3O3. The number of aryl methyl sites for hydroxylation is 1. The molecule has 1 amide bonds. The van der Waals surface area contributed by atoms with Gasteiger partial charge in [0.1, 0.15) is 5.69 Å². The Morgan fingerprint density at radius 1 is 1.40 bits per heavy atom. The van der Waals surface area contributed by atoms with Crippen molar-refractivity contribution in [3.05, 3.63) is 27.8 Å². The maximum Gasteiger partial charge on any atom is 0.292 e. The number of hydrogen-bond acceptors (Lipinski definition) is 4. The van der Waals surface area contributed by atoms with Gasteiger partial charge in [-0.05, 0) is 30.4 Å². The molecule has 0 fully saturated rings. The average molecular weight is 277 g/mol. The highest BCUT2D eigenvalue weighted by Crippen LogP contribution is 2.34. The summed E-state index contributed by atoms with van der Waals surface area (Å²) in [6, 6.07) is 3.23. The first-order valence-electron chi connectivity index (χ1n) is 6.82. The molecule has 0 atom stereocenters. The number of carbonyl (C=O) groups excluding carboxylic acids is 1. The summed E-state index contributed by atoms with van der Waals surface area (Å²) in [5.74, 6) is 0.485. The summed E-state index contributed by atoms with van der Waals surface area (Å²) in [7, 11) is 0. The van der Waals surface area contributed by atoms with Crippen molar-refractivity contribution in [3.8, 4) is 0 Å². The van der Waals surface area contributed by atoms with Crippen LogP contribution in [0.15, 0.2) is 12.1 Å². The van der Waals surface area contributed by atoms with Crippen molar-refractivity contribution in [3.63, 3.8) is 0 Å². The van der Waals surface area contributed by atoms with Crippen LogP contribution >= 0.6 is 0 Å². The molecule has 0 aliphatic carbocycles. The molecule has 1 aromatic carbocycles. The van der Waals surface area contributed by atoms with Gasteiger partial charge in [-0.15, -0.1) is 0 Å². The van der Waals surface area contributed by atoms with Gasteiger partial charge >= 0.3 is 0 Å². The SMILES string of the molecule is CC(C)CCNc1cc2c(cc1[N+](=O)[O-])CCC(=O)N2. The van der Waals surface area contributed by atoms with Gasteiger partial charge in [0, 0.05) is 24.7 Å². The zero-order valence-corrected chi connectivity index (χ0v) is 11.7. The maximum absolute atomic E-state index is 11.4. The molecule has 0 unspecified atom stereocenters. The van der Waals surface area contributed by atoms with Crippen molar-refractivity contribution in [2.75, 3.05) is 17.2 Å². The average Bonchev–Trinajstić information content (AvgIpc) is 2.37. The lowest BCUT2D eigenvalue weighted by molar-refractivity contribution is -0.384. The predicted molar refractivity (Wildman–Crippen MR) is 78.0 cm³/mol. The van der Waals surface area contributed by atoms with E-state index in [0.717, 1.165) is 12.0 Å². The van der Waals surface area contributed by atoms with Crippen LogP contribution in [0, 0.1) is 16.0 Å². The van der Waals surface area contributed by atoms with Gasteiger partial charge in [-0.3, -0.25) is 14.9 Å². The third-order valence-electron chi connectivity index (χ3n) is 3.35. The Balaban J connectivity index is 2.26. The van der Waals surface area contributed by atoms with Crippen molar-refractivity contribution in [1.29, 1.82) is 0 Å². The Morgan fingerprint density at radius 2 is 2.15 bits per heavy atom. The summed E-state index contributed by atoms with van der Waals surface area (Å²) >= 11 is 0. The Labute approximate surface area is 117 Å². The summed E-state index contributed by atoms with van der Waals surface area (Å²) in [5, 5.41) is 17.0. The first-order valence-corrected chi connectivity index (χ1v) is 6.82. The summed E-state index contributed by atoms with van der Waals surface area (Å²) in [6.07, 6.45) is 1.86. The van der Waals surface area contributed by atoms with Crippen LogP contribution in [0.4, 0.5) is 17.1 Å². The third kappa shape index (κ3) is 3.26. The van der Waals surface area contributed by atoms with E-state index in [-0.39, 0.29) is 16.5 Å². The lowest BCUT2D eigenvalue weighted by Crippen LogP contribution is -2.19. The first-order chi connectivity index (χ1) is 9.47. The van der Waals surface area contributed by atoms with E-state index in [1.54, 1.807) is 12.1 Å². The Kier molecular flexibility index (Phi) is 4.22. The third-order valence-corrected chi connectivity index (χ3v) is 3.35. The standard InChI is InChI=1S/C14H19N3O3/c1-9(2)5-6-15-12-8-11-10(3-4-14(18)16-11)7-13(12)17(19)20/h7-9,15H,3-6H2,1-2H3,(H,16,18). The van der Waals surface area contributed by atoms with Crippen molar-refractivity contribution < 1.29 is 9.72 Å². The number of anilines is 2. The van der Waals surface area contributed by atoms with Gasteiger partial charge in [0.15, 0.2) is 0 Å². The summed E-state index contributed by atoms with van der Waals surface area (Å²) in [4.78, 5) is 22.2. The van der Waals surface area contributed by atoms with E-state index in [0.29, 0.717) is 36.7 Å². The van der Waals surface area contributed by atoms with Crippen molar-refractivity contribution in [2.24, 2.45) is 5.92 Å². The maximum atomic E-state index is 11.4. The van der Waals surface area contributed by atoms with Gasteiger partial charge in [-0.25, -0.2) is 0 Å². The Hall–Kier alpha value is -2.11. The molecule has 20 heavy (non-hydrogen) atoms. The monoisotopic (exact) mass is 277 g/mol. The van der Waals surface area contributed by atoms with Crippen LogP contribution in [-0.4, -0.2) is 17.4 Å². The quantitative estimate of drug-likeness (QED) is 0.640. The number of hydrogen-bond donors (Lipinski definition) is 2. The Morgan fingerprint density at radius 3 is 2.80 bits per heavy atom. The van der Waals surface area contributed by atoms with E-state index in [1.807, 2.05) is 0 Å². The number of fused-ring (bicyclic) bond motifs is 1. The molecule has 6 heteroatoms. The highest BCUT2D eigenvalue weighted by Gasteiger charge is 2.22. The van der Waals surface area contributed by atoms with E-state index in [4.69, 9.17) is 0 Å². The smallest absolute Gasteiger partial charge is 0.292 e. The number of rotatable bonds is 5. The molecule has 0 spiro atoms. The minimum absolute atomic E-state index is 0.0421. The molecule has 108 valence electrons. The minimum atomic E-state index is -0.381. The van der Waals surface area contributed by atoms with Gasteiger partial charge in [0.25, 0.3) is 5.69 Å². The molecular weight excluding hydrogens is 258 g/mol. The fraction of sp³-hybridized carbons (Fsp3) is 0.500. The van der Waals surface area contributed by atoms with Crippen molar-refractivity contribution >= 4 is 23.0 Å². The molecule has 6 nitrogen and oxygen atoms in total. The molecule has 2 rings (SSSR count). The Bertz CT molecular complexity index is 541. The number of amides is 1.